The van der Waals surface area contributed by atoms with Gasteiger partial charge < -0.3 is 0 Å². The van der Waals surface area contributed by atoms with Crippen LogP contribution in [0, 0.1) is 0 Å². The summed E-state index contributed by atoms with van der Waals surface area (Å²) in [6.45, 7) is 0. The molecule has 2 heteroatoms. The van der Waals surface area contributed by atoms with Crippen LogP contribution >= 0.6 is 15.9 Å². The summed E-state index contributed by atoms with van der Waals surface area (Å²) in [5.74, 6) is 0. The van der Waals surface area contributed by atoms with Gasteiger partial charge in [-0.2, -0.15) is 0 Å². The van der Waals surface area contributed by atoms with E-state index in [4.69, 9.17) is 0 Å². The molecule has 1 unspecified atom stereocenters. The highest BCUT2D eigenvalue weighted by Crippen LogP contribution is 2.18. The van der Waals surface area contributed by atoms with Crippen molar-refractivity contribution in [2.45, 2.75) is 4.83 Å². The third-order valence-corrected chi connectivity index (χ3v) is 1.91. The number of halogens is 1. The van der Waals surface area contributed by atoms with Crippen LogP contribution < -0.4 is 0 Å². The van der Waals surface area contributed by atoms with Gasteiger partial charge in [-0.25, -0.2) is 0 Å². The Kier molecular flexibility index (Phi) is 2.63. The Bertz CT molecular complexity index is 208. The monoisotopic (exact) mass is 197 g/mol. The molecular formula is C8H6BrO. The normalized spacial score (nSPS) is 12.5. The summed E-state index contributed by atoms with van der Waals surface area (Å²) >= 11 is 3.16. The van der Waals surface area contributed by atoms with Crippen LogP contribution in [-0.2, 0) is 4.79 Å². The number of carbonyl (C=O) groups excluding carboxylic acids is 1. The molecule has 0 fully saturated rings. The van der Waals surface area contributed by atoms with Crippen LogP contribution in [0.15, 0.2) is 30.3 Å². The Morgan fingerprint density at radius 2 is 1.90 bits per heavy atom. The molecule has 1 nitrogen and oxygen atoms in total. The van der Waals surface area contributed by atoms with Crippen molar-refractivity contribution < 1.29 is 4.79 Å². The zero-order valence-corrected chi connectivity index (χ0v) is 6.84. The standard InChI is InChI=1S/C8H6BrO/c9-8(6-10)7-4-2-1-3-5-7/h1-5,8H. The smallest absolute Gasteiger partial charge is 0.217 e. The predicted molar refractivity (Wildman–Crippen MR) is 43.8 cm³/mol. The Morgan fingerprint density at radius 3 is 2.40 bits per heavy atom. The molecule has 0 bridgehead atoms. The molecule has 1 aromatic carbocycles. The van der Waals surface area contributed by atoms with Gasteiger partial charge in [-0.1, -0.05) is 46.3 Å². The second kappa shape index (κ2) is 3.52. The second-order valence-corrected chi connectivity index (χ2v) is 2.81. The van der Waals surface area contributed by atoms with E-state index in [1.54, 1.807) is 0 Å². The van der Waals surface area contributed by atoms with E-state index in [1.807, 2.05) is 36.6 Å². The lowest BCUT2D eigenvalue weighted by Gasteiger charge is -1.97. The maximum Gasteiger partial charge on any atom is 0.217 e. The fourth-order valence-electron chi connectivity index (χ4n) is 0.690. The van der Waals surface area contributed by atoms with Gasteiger partial charge in [0.25, 0.3) is 0 Å². The van der Waals surface area contributed by atoms with E-state index in [0.29, 0.717) is 0 Å². The van der Waals surface area contributed by atoms with Gasteiger partial charge in [-0.15, -0.1) is 0 Å². The van der Waals surface area contributed by atoms with Gasteiger partial charge in [-0.3, -0.25) is 4.79 Å². The minimum Gasteiger partial charge on any atom is -0.289 e. The summed E-state index contributed by atoms with van der Waals surface area (Å²) in [6.07, 6.45) is 1.85. The van der Waals surface area contributed by atoms with Crippen molar-refractivity contribution in [2.75, 3.05) is 0 Å². The molecule has 0 aliphatic heterocycles. The van der Waals surface area contributed by atoms with Crippen LogP contribution in [0.5, 0.6) is 0 Å². The largest absolute Gasteiger partial charge is 0.289 e. The van der Waals surface area contributed by atoms with E-state index in [0.717, 1.165) is 5.56 Å². The number of alkyl halides is 1. The molecule has 1 aromatic rings. The van der Waals surface area contributed by atoms with Crippen molar-refractivity contribution in [1.29, 1.82) is 0 Å². The fourth-order valence-corrected chi connectivity index (χ4v) is 0.995. The number of rotatable bonds is 2. The zero-order valence-electron chi connectivity index (χ0n) is 5.25. The van der Waals surface area contributed by atoms with Crippen LogP contribution in [-0.4, -0.2) is 6.29 Å². The highest BCUT2D eigenvalue weighted by molar-refractivity contribution is 9.09. The van der Waals surface area contributed by atoms with E-state index >= 15 is 0 Å². The Morgan fingerprint density at radius 1 is 1.30 bits per heavy atom. The highest BCUT2D eigenvalue weighted by atomic mass is 79.9. The topological polar surface area (TPSA) is 17.1 Å². The number of benzene rings is 1. The maximum atomic E-state index is 10.1. The molecule has 0 aromatic heterocycles. The van der Waals surface area contributed by atoms with E-state index < -0.39 is 0 Å². The molecule has 1 radical (unpaired) electrons. The van der Waals surface area contributed by atoms with E-state index in [9.17, 15) is 4.79 Å². The van der Waals surface area contributed by atoms with Crippen LogP contribution in [0.2, 0.25) is 0 Å². The van der Waals surface area contributed by atoms with Crippen LogP contribution in [0.1, 0.15) is 10.4 Å². The van der Waals surface area contributed by atoms with E-state index in [2.05, 4.69) is 15.9 Å². The summed E-state index contributed by atoms with van der Waals surface area (Å²) in [6, 6.07) is 9.45. The Hall–Kier alpha value is -0.630. The van der Waals surface area contributed by atoms with Crippen LogP contribution in [0.25, 0.3) is 0 Å². The van der Waals surface area contributed by atoms with Crippen molar-refractivity contribution in [3.63, 3.8) is 0 Å². The molecule has 0 saturated carbocycles. The quantitative estimate of drug-likeness (QED) is 0.666. The van der Waals surface area contributed by atoms with Crippen molar-refractivity contribution in [3.05, 3.63) is 35.9 Å². The first-order chi connectivity index (χ1) is 4.84. The SMILES string of the molecule is O=[C]C(Br)c1ccccc1. The summed E-state index contributed by atoms with van der Waals surface area (Å²) in [4.78, 5) is 9.85. The van der Waals surface area contributed by atoms with Gasteiger partial charge in [0.1, 0.15) is 4.83 Å². The van der Waals surface area contributed by atoms with Gasteiger partial charge >= 0.3 is 0 Å². The average Bonchev–Trinajstić information content (AvgIpc) is 2.05. The molecule has 0 aliphatic carbocycles. The molecule has 0 heterocycles. The van der Waals surface area contributed by atoms with Crippen molar-refractivity contribution >= 4 is 22.2 Å². The average molecular weight is 198 g/mol. The molecule has 51 valence electrons. The first-order valence-corrected chi connectivity index (χ1v) is 3.83. The summed E-state index contributed by atoms with van der Waals surface area (Å²) in [7, 11) is 0. The minimum absolute atomic E-state index is 0.284. The Labute approximate surface area is 68.2 Å². The zero-order chi connectivity index (χ0) is 7.40. The summed E-state index contributed by atoms with van der Waals surface area (Å²) in [5.41, 5.74) is 0.942. The van der Waals surface area contributed by atoms with E-state index in [-0.39, 0.29) is 4.83 Å². The molecular weight excluding hydrogens is 192 g/mol. The van der Waals surface area contributed by atoms with Crippen molar-refractivity contribution in [1.82, 2.24) is 0 Å². The molecule has 0 amide bonds. The molecule has 0 aliphatic rings. The first-order valence-electron chi connectivity index (χ1n) is 2.91. The third-order valence-electron chi connectivity index (χ3n) is 1.20. The third kappa shape index (κ3) is 1.67. The lowest BCUT2D eigenvalue weighted by Crippen LogP contribution is -1.88. The molecule has 1 rings (SSSR count). The summed E-state index contributed by atoms with van der Waals surface area (Å²) < 4.78 is 0. The molecule has 0 spiro atoms. The predicted octanol–water partition coefficient (Wildman–Crippen LogP) is 2.23. The number of hydrogen-bond acceptors (Lipinski definition) is 1. The van der Waals surface area contributed by atoms with Gasteiger partial charge in [0.15, 0.2) is 0 Å². The first kappa shape index (κ1) is 7.48. The van der Waals surface area contributed by atoms with Crippen molar-refractivity contribution in [2.24, 2.45) is 0 Å². The fraction of sp³-hybridized carbons (Fsp3) is 0.125. The molecule has 1 atom stereocenters. The molecule has 0 N–H and O–H groups in total. The van der Waals surface area contributed by atoms with Crippen molar-refractivity contribution in [3.8, 4) is 0 Å². The van der Waals surface area contributed by atoms with Gasteiger partial charge in [0.2, 0.25) is 6.29 Å². The van der Waals surface area contributed by atoms with Gasteiger partial charge in [0, 0.05) is 0 Å². The number of hydrogen-bond donors (Lipinski definition) is 0. The molecule has 10 heavy (non-hydrogen) atoms. The highest BCUT2D eigenvalue weighted by Gasteiger charge is 2.03. The molecule has 0 saturated heterocycles. The van der Waals surface area contributed by atoms with Crippen LogP contribution in [0.4, 0.5) is 0 Å². The lowest BCUT2D eigenvalue weighted by atomic mass is 10.2. The van der Waals surface area contributed by atoms with Gasteiger partial charge in [0.05, 0.1) is 0 Å². The van der Waals surface area contributed by atoms with Crippen LogP contribution in [0.3, 0.4) is 0 Å². The lowest BCUT2D eigenvalue weighted by molar-refractivity contribution is 0.555. The minimum atomic E-state index is -0.284. The Balaban J connectivity index is 2.84. The summed E-state index contributed by atoms with van der Waals surface area (Å²) in [5, 5.41) is 0. The van der Waals surface area contributed by atoms with E-state index in [1.165, 1.54) is 0 Å². The second-order valence-electron chi connectivity index (χ2n) is 1.89. The maximum absolute atomic E-state index is 10.1. The van der Waals surface area contributed by atoms with Gasteiger partial charge in [-0.05, 0) is 5.56 Å².